The number of nitrogens with two attached hydrogens (primary N) is 1. The van der Waals surface area contributed by atoms with Crippen molar-refractivity contribution in [2.75, 3.05) is 6.54 Å². The van der Waals surface area contributed by atoms with Gasteiger partial charge in [-0.1, -0.05) is 43.2 Å². The third kappa shape index (κ3) is 2.95. The van der Waals surface area contributed by atoms with Gasteiger partial charge in [-0.2, -0.15) is 0 Å². The third-order valence-corrected chi connectivity index (χ3v) is 5.65. The van der Waals surface area contributed by atoms with Gasteiger partial charge in [0.2, 0.25) is 5.91 Å². The van der Waals surface area contributed by atoms with E-state index in [0.717, 1.165) is 49.4 Å². The molecule has 0 radical (unpaired) electrons. The summed E-state index contributed by atoms with van der Waals surface area (Å²) in [4.78, 5) is 15.0. The van der Waals surface area contributed by atoms with Crippen LogP contribution in [0, 0.1) is 5.92 Å². The van der Waals surface area contributed by atoms with E-state index in [1.165, 1.54) is 0 Å². The van der Waals surface area contributed by atoms with Crippen molar-refractivity contribution in [1.82, 2.24) is 19.7 Å². The Kier molecular flexibility index (Phi) is 4.07. The fourth-order valence-corrected chi connectivity index (χ4v) is 4.13. The molecule has 1 aliphatic heterocycles. The largest absolute Gasteiger partial charge is 0.333 e. The van der Waals surface area contributed by atoms with Gasteiger partial charge in [-0.05, 0) is 19.8 Å². The highest BCUT2D eigenvalue weighted by atomic mass is 16.2. The molecule has 0 spiro atoms. The predicted molar refractivity (Wildman–Crippen MR) is 95.4 cm³/mol. The molecule has 1 amide bonds. The summed E-state index contributed by atoms with van der Waals surface area (Å²) in [6, 6.07) is 10.1. The van der Waals surface area contributed by atoms with Crippen molar-refractivity contribution in [3.05, 3.63) is 36.2 Å². The summed E-state index contributed by atoms with van der Waals surface area (Å²) in [6.45, 7) is 3.96. The number of rotatable bonds is 2. The maximum Gasteiger partial charge on any atom is 0.227 e. The van der Waals surface area contributed by atoms with E-state index in [9.17, 15) is 4.79 Å². The van der Waals surface area contributed by atoms with Gasteiger partial charge < -0.3 is 15.2 Å². The maximum absolute atomic E-state index is 13.0. The summed E-state index contributed by atoms with van der Waals surface area (Å²) < 4.78 is 2.13. The Bertz CT molecular complexity index is 767. The number of hydrogen-bond donors (Lipinski definition) is 1. The second-order valence-corrected chi connectivity index (χ2v) is 7.52. The van der Waals surface area contributed by atoms with E-state index in [1.807, 2.05) is 42.2 Å². The zero-order chi connectivity index (χ0) is 17.4. The molecule has 1 saturated carbocycles. The molecule has 1 aliphatic carbocycles. The van der Waals surface area contributed by atoms with Crippen LogP contribution in [0.3, 0.4) is 0 Å². The van der Waals surface area contributed by atoms with Crippen molar-refractivity contribution in [3.8, 4) is 11.4 Å². The molecule has 2 unspecified atom stereocenters. The summed E-state index contributed by atoms with van der Waals surface area (Å²) in [7, 11) is 0. The van der Waals surface area contributed by atoms with Crippen LogP contribution < -0.4 is 5.73 Å². The van der Waals surface area contributed by atoms with Crippen LogP contribution in [0.2, 0.25) is 0 Å². The Balaban J connectivity index is 1.54. The highest BCUT2D eigenvalue weighted by Crippen LogP contribution is 2.34. The van der Waals surface area contributed by atoms with E-state index in [2.05, 4.69) is 14.8 Å². The molecule has 1 fully saturated rings. The van der Waals surface area contributed by atoms with Crippen molar-refractivity contribution >= 4 is 5.91 Å². The number of nitrogens with zero attached hydrogens (tertiary/aromatic N) is 4. The van der Waals surface area contributed by atoms with E-state index in [-0.39, 0.29) is 11.8 Å². The lowest BCUT2D eigenvalue weighted by Gasteiger charge is -2.40. The van der Waals surface area contributed by atoms with Crippen LogP contribution in [0.4, 0.5) is 0 Å². The van der Waals surface area contributed by atoms with Gasteiger partial charge in [-0.3, -0.25) is 4.79 Å². The molecule has 132 valence electrons. The van der Waals surface area contributed by atoms with Crippen molar-refractivity contribution in [3.63, 3.8) is 0 Å². The molecular weight excluding hydrogens is 314 g/mol. The second kappa shape index (κ2) is 6.26. The smallest absolute Gasteiger partial charge is 0.227 e. The minimum absolute atomic E-state index is 0.0793. The summed E-state index contributed by atoms with van der Waals surface area (Å²) >= 11 is 0. The lowest BCUT2D eigenvalue weighted by Crippen LogP contribution is -2.54. The van der Waals surface area contributed by atoms with E-state index in [1.54, 1.807) is 0 Å². The zero-order valence-electron chi connectivity index (χ0n) is 14.7. The molecule has 25 heavy (non-hydrogen) atoms. The van der Waals surface area contributed by atoms with Crippen LogP contribution in [0.15, 0.2) is 30.3 Å². The average Bonchev–Trinajstić information content (AvgIpc) is 3.04. The quantitative estimate of drug-likeness (QED) is 0.910. The average molecular weight is 339 g/mol. The normalized spacial score (nSPS) is 26.3. The van der Waals surface area contributed by atoms with Crippen molar-refractivity contribution in [2.24, 2.45) is 11.7 Å². The molecule has 6 heteroatoms. The highest BCUT2D eigenvalue weighted by Gasteiger charge is 2.40. The summed E-state index contributed by atoms with van der Waals surface area (Å²) in [5.74, 6) is 1.83. The topological polar surface area (TPSA) is 77.0 Å². The Morgan fingerprint density at radius 2 is 2.00 bits per heavy atom. The SMILES string of the molecule is CC1(N)CCCCC1C(=O)N1CCn2c(nnc2-c2ccccc2)C1. The van der Waals surface area contributed by atoms with E-state index >= 15 is 0 Å². The summed E-state index contributed by atoms with van der Waals surface area (Å²) in [5, 5.41) is 8.69. The van der Waals surface area contributed by atoms with Gasteiger partial charge in [0.15, 0.2) is 11.6 Å². The van der Waals surface area contributed by atoms with Crippen LogP contribution in [0.5, 0.6) is 0 Å². The standard InChI is InChI=1S/C19H25N5O/c1-19(20)10-6-5-9-15(19)18(25)23-11-12-24-16(13-23)21-22-17(24)14-7-3-2-4-8-14/h2-4,7-8,15H,5-6,9-13,20H2,1H3. The summed E-state index contributed by atoms with van der Waals surface area (Å²) in [5.41, 5.74) is 7.09. The van der Waals surface area contributed by atoms with Crippen molar-refractivity contribution < 1.29 is 4.79 Å². The number of carbonyl (C=O) groups is 1. The first-order valence-corrected chi connectivity index (χ1v) is 9.11. The Morgan fingerprint density at radius 1 is 1.20 bits per heavy atom. The molecule has 2 atom stereocenters. The second-order valence-electron chi connectivity index (χ2n) is 7.52. The summed E-state index contributed by atoms with van der Waals surface area (Å²) in [6.07, 6.45) is 4.02. The van der Waals surface area contributed by atoms with Gasteiger partial charge in [-0.25, -0.2) is 0 Å². The zero-order valence-corrected chi connectivity index (χ0v) is 14.7. The first-order valence-electron chi connectivity index (χ1n) is 9.11. The van der Waals surface area contributed by atoms with Gasteiger partial charge >= 0.3 is 0 Å². The van der Waals surface area contributed by atoms with Crippen LogP contribution in [-0.4, -0.2) is 37.7 Å². The minimum Gasteiger partial charge on any atom is -0.333 e. The number of aromatic nitrogens is 3. The Labute approximate surface area is 148 Å². The highest BCUT2D eigenvalue weighted by molar-refractivity contribution is 5.80. The maximum atomic E-state index is 13.0. The molecule has 0 saturated heterocycles. The minimum atomic E-state index is -0.393. The molecule has 2 aromatic rings. The van der Waals surface area contributed by atoms with Gasteiger partial charge in [0.1, 0.15) is 0 Å². The Morgan fingerprint density at radius 3 is 2.76 bits per heavy atom. The number of amides is 1. The van der Waals surface area contributed by atoms with Crippen molar-refractivity contribution in [2.45, 2.75) is 51.2 Å². The van der Waals surface area contributed by atoms with Crippen LogP contribution in [0.25, 0.3) is 11.4 Å². The van der Waals surface area contributed by atoms with Crippen LogP contribution in [-0.2, 0) is 17.9 Å². The van der Waals surface area contributed by atoms with E-state index < -0.39 is 5.54 Å². The lowest BCUT2D eigenvalue weighted by atomic mass is 9.74. The fourth-order valence-electron chi connectivity index (χ4n) is 4.13. The fraction of sp³-hybridized carbons (Fsp3) is 0.526. The Hall–Kier alpha value is -2.21. The molecule has 1 aromatic carbocycles. The number of fused-ring (bicyclic) bond motifs is 1. The molecule has 0 bridgehead atoms. The molecule has 2 aliphatic rings. The van der Waals surface area contributed by atoms with Crippen LogP contribution >= 0.6 is 0 Å². The van der Waals surface area contributed by atoms with Crippen molar-refractivity contribution in [1.29, 1.82) is 0 Å². The van der Waals surface area contributed by atoms with Crippen LogP contribution in [0.1, 0.15) is 38.4 Å². The lowest BCUT2D eigenvalue weighted by molar-refractivity contribution is -0.140. The molecule has 6 nitrogen and oxygen atoms in total. The van der Waals surface area contributed by atoms with E-state index in [4.69, 9.17) is 5.73 Å². The molecule has 4 rings (SSSR count). The number of benzene rings is 1. The first-order chi connectivity index (χ1) is 12.1. The predicted octanol–water partition coefficient (Wildman–Crippen LogP) is 2.19. The van der Waals surface area contributed by atoms with E-state index in [0.29, 0.717) is 13.1 Å². The van der Waals surface area contributed by atoms with Gasteiger partial charge in [0, 0.05) is 24.2 Å². The van der Waals surface area contributed by atoms with Gasteiger partial charge in [-0.15, -0.1) is 10.2 Å². The monoisotopic (exact) mass is 339 g/mol. The molecular formula is C19H25N5O. The molecule has 2 N–H and O–H groups in total. The first kappa shape index (κ1) is 16.3. The van der Waals surface area contributed by atoms with Gasteiger partial charge in [0.05, 0.1) is 12.5 Å². The number of hydrogen-bond acceptors (Lipinski definition) is 4. The number of carbonyl (C=O) groups excluding carboxylic acids is 1. The molecule has 2 heterocycles. The van der Waals surface area contributed by atoms with Gasteiger partial charge in [0.25, 0.3) is 0 Å². The third-order valence-electron chi connectivity index (χ3n) is 5.65. The molecule has 1 aromatic heterocycles.